The maximum Gasteiger partial charge on any atom is 0.253 e. The molecule has 0 spiro atoms. The summed E-state index contributed by atoms with van der Waals surface area (Å²) in [5.41, 5.74) is 0.0723. The quantitative estimate of drug-likeness (QED) is 0.557. The topological polar surface area (TPSA) is 46.6 Å². The Labute approximate surface area is 158 Å². The SMILES string of the molecule is COCCN(C)C(=O)c1ccc(F)c(F)c1.O=C(Cl)c1ccc(F)c(F)c1. The van der Waals surface area contributed by atoms with E-state index in [1.807, 2.05) is 0 Å². The average molecular weight is 406 g/mol. The molecule has 0 aromatic heterocycles. The van der Waals surface area contributed by atoms with Crippen LogP contribution in [-0.2, 0) is 4.74 Å². The van der Waals surface area contributed by atoms with Crippen molar-refractivity contribution in [1.82, 2.24) is 4.90 Å². The second-order valence-corrected chi connectivity index (χ2v) is 5.59. The van der Waals surface area contributed by atoms with E-state index in [0.717, 1.165) is 30.3 Å². The standard InChI is InChI=1S/C11H13F2NO2.C7H3ClF2O/c1-14(5-6-16-2)11(15)8-3-4-9(12)10(13)7-8;8-7(11)4-1-2-5(9)6(10)3-4/h3-4,7H,5-6H2,1-2H3;1-3H. The van der Waals surface area contributed by atoms with Gasteiger partial charge in [-0.2, -0.15) is 0 Å². The highest BCUT2D eigenvalue weighted by atomic mass is 35.5. The summed E-state index contributed by atoms with van der Waals surface area (Å²) in [6, 6.07) is 5.81. The number of hydrogen-bond acceptors (Lipinski definition) is 3. The summed E-state index contributed by atoms with van der Waals surface area (Å²) < 4.78 is 54.9. The molecule has 27 heavy (non-hydrogen) atoms. The van der Waals surface area contributed by atoms with Crippen LogP contribution in [0.3, 0.4) is 0 Å². The molecular formula is C18H16ClF4NO3. The van der Waals surface area contributed by atoms with Crippen molar-refractivity contribution in [2.75, 3.05) is 27.3 Å². The predicted molar refractivity (Wildman–Crippen MR) is 91.7 cm³/mol. The number of carbonyl (C=O) groups excluding carboxylic acids is 2. The van der Waals surface area contributed by atoms with E-state index in [2.05, 4.69) is 0 Å². The summed E-state index contributed by atoms with van der Waals surface area (Å²) >= 11 is 5.00. The van der Waals surface area contributed by atoms with Crippen LogP contribution < -0.4 is 0 Å². The van der Waals surface area contributed by atoms with Gasteiger partial charge in [0.1, 0.15) is 0 Å². The summed E-state index contributed by atoms with van der Waals surface area (Å²) in [6.07, 6.45) is 0. The molecule has 0 atom stereocenters. The summed E-state index contributed by atoms with van der Waals surface area (Å²) in [5, 5.41) is -0.802. The molecule has 1 amide bonds. The Hall–Kier alpha value is -2.45. The van der Waals surface area contributed by atoms with E-state index >= 15 is 0 Å². The molecule has 0 N–H and O–H groups in total. The number of ether oxygens (including phenoxy) is 1. The van der Waals surface area contributed by atoms with Gasteiger partial charge in [-0.15, -0.1) is 0 Å². The first-order chi connectivity index (χ1) is 12.7. The fraction of sp³-hybridized carbons (Fsp3) is 0.222. The monoisotopic (exact) mass is 405 g/mol. The third kappa shape index (κ3) is 6.99. The number of hydrogen-bond donors (Lipinski definition) is 0. The number of benzene rings is 2. The Morgan fingerprint density at radius 1 is 0.926 bits per heavy atom. The van der Waals surface area contributed by atoms with Crippen molar-refractivity contribution in [3.63, 3.8) is 0 Å². The first-order valence-electron chi connectivity index (χ1n) is 7.51. The number of likely N-dealkylation sites (N-methyl/N-ethyl adjacent to an activating group) is 1. The van der Waals surface area contributed by atoms with Gasteiger partial charge in [-0.25, -0.2) is 17.6 Å². The lowest BCUT2D eigenvalue weighted by Crippen LogP contribution is -2.30. The van der Waals surface area contributed by atoms with E-state index < -0.39 is 28.5 Å². The molecule has 2 aromatic carbocycles. The summed E-state index contributed by atoms with van der Waals surface area (Å²) in [7, 11) is 3.10. The summed E-state index contributed by atoms with van der Waals surface area (Å²) in [4.78, 5) is 23.5. The third-order valence-corrected chi connectivity index (χ3v) is 3.51. The van der Waals surface area contributed by atoms with Crippen LogP contribution in [0.25, 0.3) is 0 Å². The number of nitrogens with zero attached hydrogens (tertiary/aromatic N) is 1. The molecule has 0 bridgehead atoms. The molecule has 2 rings (SSSR count). The van der Waals surface area contributed by atoms with E-state index in [-0.39, 0.29) is 17.0 Å². The Morgan fingerprint density at radius 2 is 1.41 bits per heavy atom. The molecule has 0 aliphatic heterocycles. The van der Waals surface area contributed by atoms with Crippen LogP contribution in [0.2, 0.25) is 0 Å². The Balaban J connectivity index is 0.000000289. The van der Waals surface area contributed by atoms with Crippen molar-refractivity contribution in [1.29, 1.82) is 0 Å². The molecule has 0 aliphatic carbocycles. The van der Waals surface area contributed by atoms with E-state index in [0.29, 0.717) is 13.2 Å². The maximum absolute atomic E-state index is 12.9. The zero-order valence-electron chi connectivity index (χ0n) is 14.4. The van der Waals surface area contributed by atoms with Crippen molar-refractivity contribution >= 4 is 22.8 Å². The number of carbonyl (C=O) groups is 2. The second-order valence-electron chi connectivity index (χ2n) is 5.25. The van der Waals surface area contributed by atoms with Crippen LogP contribution in [0.5, 0.6) is 0 Å². The average Bonchev–Trinajstić information content (AvgIpc) is 2.64. The number of rotatable bonds is 5. The fourth-order valence-electron chi connectivity index (χ4n) is 1.80. The van der Waals surface area contributed by atoms with Gasteiger partial charge in [0.05, 0.1) is 6.61 Å². The molecule has 0 heterocycles. The minimum Gasteiger partial charge on any atom is -0.383 e. The van der Waals surface area contributed by atoms with E-state index in [1.165, 1.54) is 18.1 Å². The van der Waals surface area contributed by atoms with Crippen LogP contribution in [0.4, 0.5) is 17.6 Å². The highest BCUT2D eigenvalue weighted by Crippen LogP contribution is 2.11. The number of amides is 1. The van der Waals surface area contributed by atoms with E-state index in [9.17, 15) is 27.2 Å². The molecule has 9 heteroatoms. The molecule has 0 unspecified atom stereocenters. The van der Waals surface area contributed by atoms with Crippen LogP contribution >= 0.6 is 11.6 Å². The largest absolute Gasteiger partial charge is 0.383 e. The van der Waals surface area contributed by atoms with Gasteiger partial charge in [-0.1, -0.05) is 0 Å². The molecule has 146 valence electrons. The van der Waals surface area contributed by atoms with Crippen LogP contribution in [0.1, 0.15) is 20.7 Å². The van der Waals surface area contributed by atoms with Gasteiger partial charge in [0.2, 0.25) is 0 Å². The lowest BCUT2D eigenvalue weighted by molar-refractivity contribution is 0.0743. The van der Waals surface area contributed by atoms with Crippen molar-refractivity contribution in [3.05, 3.63) is 70.8 Å². The molecular weight excluding hydrogens is 390 g/mol. The molecule has 4 nitrogen and oxygen atoms in total. The predicted octanol–water partition coefficient (Wildman–Crippen LogP) is 4.03. The zero-order valence-corrected chi connectivity index (χ0v) is 15.2. The Bertz CT molecular complexity index is 817. The number of methoxy groups -OCH3 is 1. The minimum atomic E-state index is -1.07. The van der Waals surface area contributed by atoms with E-state index in [1.54, 1.807) is 7.05 Å². The van der Waals surface area contributed by atoms with Gasteiger partial charge in [-0.05, 0) is 48.0 Å². The lowest BCUT2D eigenvalue weighted by atomic mass is 10.2. The highest BCUT2D eigenvalue weighted by Gasteiger charge is 2.13. The zero-order chi connectivity index (χ0) is 20.6. The fourth-order valence-corrected chi connectivity index (χ4v) is 1.92. The minimum absolute atomic E-state index is 0.0504. The number of halogens is 5. The van der Waals surface area contributed by atoms with Gasteiger partial charge in [0.25, 0.3) is 11.1 Å². The van der Waals surface area contributed by atoms with Gasteiger partial charge >= 0.3 is 0 Å². The van der Waals surface area contributed by atoms with Crippen molar-refractivity contribution in [3.8, 4) is 0 Å². The molecule has 2 aromatic rings. The third-order valence-electron chi connectivity index (χ3n) is 3.29. The maximum atomic E-state index is 12.9. The van der Waals surface area contributed by atoms with Gasteiger partial charge < -0.3 is 9.64 Å². The van der Waals surface area contributed by atoms with Gasteiger partial charge in [0.15, 0.2) is 23.3 Å². The molecule has 0 aliphatic rings. The van der Waals surface area contributed by atoms with E-state index in [4.69, 9.17) is 16.3 Å². The van der Waals surface area contributed by atoms with Crippen LogP contribution in [-0.4, -0.2) is 43.4 Å². The summed E-state index contributed by atoms with van der Waals surface area (Å²) in [5.74, 6) is -4.42. The first kappa shape index (κ1) is 22.6. The van der Waals surface area contributed by atoms with Gasteiger partial charge in [-0.3, -0.25) is 9.59 Å². The molecule has 0 fully saturated rings. The summed E-state index contributed by atoms with van der Waals surface area (Å²) in [6.45, 7) is 0.792. The van der Waals surface area contributed by atoms with Gasteiger partial charge in [0, 0.05) is 31.8 Å². The van der Waals surface area contributed by atoms with Crippen molar-refractivity contribution in [2.45, 2.75) is 0 Å². The normalized spacial score (nSPS) is 10.0. The van der Waals surface area contributed by atoms with Crippen molar-refractivity contribution in [2.24, 2.45) is 0 Å². The molecule has 0 saturated heterocycles. The van der Waals surface area contributed by atoms with Crippen LogP contribution in [0, 0.1) is 23.3 Å². The van der Waals surface area contributed by atoms with Crippen molar-refractivity contribution < 1.29 is 31.9 Å². The smallest absolute Gasteiger partial charge is 0.253 e. The Kier molecular flexibility index (Phi) is 8.90. The second kappa shape index (κ2) is 10.6. The lowest BCUT2D eigenvalue weighted by Gasteiger charge is -2.16. The molecule has 0 saturated carbocycles. The first-order valence-corrected chi connectivity index (χ1v) is 7.89. The Morgan fingerprint density at radius 3 is 1.85 bits per heavy atom. The molecule has 0 radical (unpaired) electrons. The highest BCUT2D eigenvalue weighted by molar-refractivity contribution is 6.67. The van der Waals surface area contributed by atoms with Crippen LogP contribution in [0.15, 0.2) is 36.4 Å².